The molecule has 0 bridgehead atoms. The summed E-state index contributed by atoms with van der Waals surface area (Å²) in [5.74, 6) is -0.725. The molecule has 1 unspecified atom stereocenters. The largest absolute Gasteiger partial charge is 0.468 e. The number of fused-ring (bicyclic) bond motifs is 1. The second-order valence-electron chi connectivity index (χ2n) is 5.68. The number of methoxy groups -OCH3 is 1. The van der Waals surface area contributed by atoms with Gasteiger partial charge >= 0.3 is 11.7 Å². The van der Waals surface area contributed by atoms with E-state index in [0.717, 1.165) is 12.0 Å². The molecule has 1 heterocycles. The Labute approximate surface area is 109 Å². The van der Waals surface area contributed by atoms with E-state index in [1.807, 2.05) is 19.9 Å². The minimum Gasteiger partial charge on any atom is -0.468 e. The predicted molar refractivity (Wildman–Crippen MR) is 68.9 cm³/mol. The predicted octanol–water partition coefficient (Wildman–Crippen LogP) is 1.96. The van der Waals surface area contributed by atoms with Crippen molar-refractivity contribution in [1.29, 1.82) is 0 Å². The normalized spacial score (nSPS) is 24.4. The van der Waals surface area contributed by atoms with Crippen LogP contribution in [0.2, 0.25) is 0 Å². The highest BCUT2D eigenvalue weighted by atomic mass is 16.5. The SMILES string of the molecule is COC(=O)C1(c2ccc3oc(=O)[nH]c3c2)CC1(C)C. The highest BCUT2D eigenvalue weighted by Gasteiger charge is 2.68. The van der Waals surface area contributed by atoms with Gasteiger partial charge in [-0.3, -0.25) is 9.78 Å². The summed E-state index contributed by atoms with van der Waals surface area (Å²) in [6, 6.07) is 5.33. The molecule has 0 radical (unpaired) electrons. The molecule has 1 aromatic heterocycles. The Balaban J connectivity index is 2.17. The van der Waals surface area contributed by atoms with Crippen molar-refractivity contribution in [3.63, 3.8) is 0 Å². The molecule has 1 saturated carbocycles. The van der Waals surface area contributed by atoms with Crippen molar-refractivity contribution in [2.24, 2.45) is 5.41 Å². The van der Waals surface area contributed by atoms with Crippen LogP contribution in [0.1, 0.15) is 25.8 Å². The van der Waals surface area contributed by atoms with Crippen LogP contribution in [0.15, 0.2) is 27.4 Å². The number of aromatic nitrogens is 1. The number of nitrogens with one attached hydrogen (secondary N) is 1. The van der Waals surface area contributed by atoms with Gasteiger partial charge in [-0.25, -0.2) is 4.79 Å². The summed E-state index contributed by atoms with van der Waals surface area (Å²) >= 11 is 0. The van der Waals surface area contributed by atoms with Crippen LogP contribution in [0.5, 0.6) is 0 Å². The lowest BCUT2D eigenvalue weighted by Gasteiger charge is -2.18. The van der Waals surface area contributed by atoms with E-state index in [1.165, 1.54) is 7.11 Å². The number of hydrogen-bond acceptors (Lipinski definition) is 4. The van der Waals surface area contributed by atoms with E-state index in [9.17, 15) is 9.59 Å². The molecule has 1 aliphatic carbocycles. The van der Waals surface area contributed by atoms with Crippen LogP contribution in [-0.2, 0) is 14.9 Å². The first-order valence-electron chi connectivity index (χ1n) is 6.12. The van der Waals surface area contributed by atoms with Crippen LogP contribution in [0, 0.1) is 5.41 Å². The lowest BCUT2D eigenvalue weighted by Crippen LogP contribution is -2.27. The van der Waals surface area contributed by atoms with E-state index in [-0.39, 0.29) is 11.4 Å². The lowest BCUT2D eigenvalue weighted by atomic mass is 9.88. The van der Waals surface area contributed by atoms with Crippen molar-refractivity contribution in [3.05, 3.63) is 34.3 Å². The summed E-state index contributed by atoms with van der Waals surface area (Å²) < 4.78 is 9.92. The van der Waals surface area contributed by atoms with Gasteiger partial charge in [-0.1, -0.05) is 19.9 Å². The zero-order valence-corrected chi connectivity index (χ0v) is 11.1. The fraction of sp³-hybridized carbons (Fsp3) is 0.429. The maximum atomic E-state index is 12.1. The van der Waals surface area contributed by atoms with E-state index in [2.05, 4.69) is 4.98 Å². The Bertz CT molecular complexity index is 724. The molecule has 1 aliphatic rings. The molecule has 0 spiro atoms. The Kier molecular flexibility index (Phi) is 2.21. The van der Waals surface area contributed by atoms with Gasteiger partial charge in [0.1, 0.15) is 0 Å². The van der Waals surface area contributed by atoms with Crippen molar-refractivity contribution in [3.8, 4) is 0 Å². The number of ether oxygens (including phenoxy) is 1. The van der Waals surface area contributed by atoms with E-state index >= 15 is 0 Å². The number of rotatable bonds is 2. The second kappa shape index (κ2) is 3.50. The number of H-pyrrole nitrogens is 1. The molecule has 5 heteroatoms. The number of hydrogen-bond donors (Lipinski definition) is 1. The zero-order valence-electron chi connectivity index (χ0n) is 11.1. The molecule has 2 aromatic rings. The minimum absolute atomic E-state index is 0.141. The summed E-state index contributed by atoms with van der Waals surface area (Å²) in [5.41, 5.74) is 1.19. The smallest absolute Gasteiger partial charge is 0.417 e. The van der Waals surface area contributed by atoms with Gasteiger partial charge in [0.05, 0.1) is 18.0 Å². The second-order valence-corrected chi connectivity index (χ2v) is 5.68. The van der Waals surface area contributed by atoms with Crippen LogP contribution >= 0.6 is 0 Å². The monoisotopic (exact) mass is 261 g/mol. The standard InChI is InChI=1S/C14H15NO4/c1-13(2)7-14(13,11(16)18-3)8-4-5-10-9(6-8)15-12(17)19-10/h4-6H,7H2,1-3H3,(H,15,17). The van der Waals surface area contributed by atoms with Crippen molar-refractivity contribution in [2.45, 2.75) is 25.7 Å². The first-order valence-corrected chi connectivity index (χ1v) is 6.12. The molecule has 0 aliphatic heterocycles. The maximum absolute atomic E-state index is 12.1. The van der Waals surface area contributed by atoms with Crippen LogP contribution in [-0.4, -0.2) is 18.1 Å². The molecule has 1 atom stereocenters. The Morgan fingerprint density at radius 3 is 2.68 bits per heavy atom. The van der Waals surface area contributed by atoms with Crippen molar-refractivity contribution in [1.82, 2.24) is 4.98 Å². The fourth-order valence-electron chi connectivity index (χ4n) is 2.97. The summed E-state index contributed by atoms with van der Waals surface area (Å²) in [7, 11) is 1.40. The number of aromatic amines is 1. The highest BCUT2D eigenvalue weighted by molar-refractivity contribution is 5.90. The van der Waals surface area contributed by atoms with Crippen LogP contribution in [0.3, 0.4) is 0 Å². The van der Waals surface area contributed by atoms with Crippen LogP contribution in [0.25, 0.3) is 11.1 Å². The number of carbonyl (C=O) groups is 1. The molecule has 0 amide bonds. The van der Waals surface area contributed by atoms with E-state index in [0.29, 0.717) is 11.1 Å². The molecule has 3 rings (SSSR count). The van der Waals surface area contributed by atoms with E-state index in [4.69, 9.17) is 9.15 Å². The molecule has 19 heavy (non-hydrogen) atoms. The highest BCUT2D eigenvalue weighted by Crippen LogP contribution is 2.65. The van der Waals surface area contributed by atoms with Gasteiger partial charge in [-0.05, 0) is 29.5 Å². The minimum atomic E-state index is -0.621. The van der Waals surface area contributed by atoms with Gasteiger partial charge in [0.25, 0.3) is 0 Å². The number of carbonyl (C=O) groups excluding carboxylic acids is 1. The Morgan fingerprint density at radius 1 is 1.42 bits per heavy atom. The van der Waals surface area contributed by atoms with E-state index < -0.39 is 11.2 Å². The molecule has 1 fully saturated rings. The third kappa shape index (κ3) is 1.47. The van der Waals surface area contributed by atoms with Gasteiger partial charge < -0.3 is 9.15 Å². The molecule has 1 N–H and O–H groups in total. The number of oxazole rings is 1. The maximum Gasteiger partial charge on any atom is 0.417 e. The van der Waals surface area contributed by atoms with Gasteiger partial charge in [0.2, 0.25) is 0 Å². The third-order valence-electron chi connectivity index (χ3n) is 4.18. The molecular weight excluding hydrogens is 246 g/mol. The van der Waals surface area contributed by atoms with Crippen molar-refractivity contribution in [2.75, 3.05) is 7.11 Å². The summed E-state index contributed by atoms with van der Waals surface area (Å²) in [6.45, 7) is 4.07. The summed E-state index contributed by atoms with van der Waals surface area (Å²) in [5, 5.41) is 0. The van der Waals surface area contributed by atoms with Gasteiger partial charge in [-0.15, -0.1) is 0 Å². The molecule has 5 nitrogen and oxygen atoms in total. The average Bonchev–Trinajstić information content (AvgIpc) is 2.76. The molecular formula is C14H15NO4. The quantitative estimate of drug-likeness (QED) is 0.839. The lowest BCUT2D eigenvalue weighted by molar-refractivity contribution is -0.144. The number of benzene rings is 1. The van der Waals surface area contributed by atoms with E-state index in [1.54, 1.807) is 12.1 Å². The summed E-state index contributed by atoms with van der Waals surface area (Å²) in [4.78, 5) is 25.9. The van der Waals surface area contributed by atoms with Crippen LogP contribution in [0.4, 0.5) is 0 Å². The van der Waals surface area contributed by atoms with Gasteiger partial charge in [0, 0.05) is 0 Å². The fourth-order valence-corrected chi connectivity index (χ4v) is 2.97. The Morgan fingerprint density at radius 2 is 2.11 bits per heavy atom. The van der Waals surface area contributed by atoms with Gasteiger partial charge in [0.15, 0.2) is 5.58 Å². The van der Waals surface area contributed by atoms with Gasteiger partial charge in [-0.2, -0.15) is 0 Å². The first kappa shape index (κ1) is 12.0. The summed E-state index contributed by atoms with van der Waals surface area (Å²) in [6.07, 6.45) is 0.736. The van der Waals surface area contributed by atoms with Crippen molar-refractivity contribution >= 4 is 17.1 Å². The zero-order chi connectivity index (χ0) is 13.8. The average molecular weight is 261 g/mol. The molecule has 0 saturated heterocycles. The topological polar surface area (TPSA) is 72.3 Å². The number of esters is 1. The third-order valence-corrected chi connectivity index (χ3v) is 4.18. The first-order chi connectivity index (χ1) is 8.90. The Hall–Kier alpha value is -2.04. The van der Waals surface area contributed by atoms with Crippen molar-refractivity contribution < 1.29 is 13.9 Å². The molecule has 100 valence electrons. The van der Waals surface area contributed by atoms with Crippen LogP contribution < -0.4 is 5.76 Å². The molecule has 1 aromatic carbocycles.